The van der Waals surface area contributed by atoms with Gasteiger partial charge in [-0.1, -0.05) is 6.92 Å². The summed E-state index contributed by atoms with van der Waals surface area (Å²) in [7, 11) is 2.07. The number of likely N-dealkylation sites (tertiary alicyclic amines) is 1. The van der Waals surface area contributed by atoms with Gasteiger partial charge in [-0.3, -0.25) is 0 Å². The lowest BCUT2D eigenvalue weighted by atomic mass is 9.96. The first-order valence-corrected chi connectivity index (χ1v) is 14.7. The zero-order chi connectivity index (χ0) is 30.6. The number of hydrogen-bond donors (Lipinski definition) is 0. The second-order valence-corrected chi connectivity index (χ2v) is 10.9. The number of likely N-dealkylation sites (N-methyl/N-ethyl adjacent to an activating group) is 1. The van der Waals surface area contributed by atoms with Crippen LogP contribution < -0.4 is 19.1 Å². The molecule has 0 spiro atoms. The summed E-state index contributed by atoms with van der Waals surface area (Å²) < 4.78 is 58.0. The normalized spacial score (nSPS) is 21.0. The van der Waals surface area contributed by atoms with E-state index in [2.05, 4.69) is 28.8 Å². The molecule has 5 rings (SSSR count). The van der Waals surface area contributed by atoms with Gasteiger partial charge in [0.05, 0.1) is 29.0 Å². The number of nitriles is 1. The second-order valence-electron chi connectivity index (χ2n) is 10.9. The molecule has 43 heavy (non-hydrogen) atoms. The third-order valence-corrected chi connectivity index (χ3v) is 7.96. The van der Waals surface area contributed by atoms with Crippen molar-refractivity contribution in [2.24, 2.45) is 0 Å². The third-order valence-electron chi connectivity index (χ3n) is 7.96. The standard InChI is InChI=1S/C32H36F3N5O3/c1-4-23-18-24(42-29-11-8-22(32(33,34)35)17-21(29)19-36)13-16-40(23)28-10-9-27(26-7-6-14-37-30(26)41-5-2)38-31(28)43-25-12-15-39(3)20-25/h6-11,14,17,23-25H,4-5,12-13,15-16,18,20H2,1-3H3/t23?,24?,25-/m1/s1. The van der Waals surface area contributed by atoms with Crippen LogP contribution >= 0.6 is 0 Å². The van der Waals surface area contributed by atoms with Gasteiger partial charge in [0.2, 0.25) is 11.8 Å². The predicted octanol–water partition coefficient (Wildman–Crippen LogP) is 6.34. The summed E-state index contributed by atoms with van der Waals surface area (Å²) >= 11 is 0. The molecule has 0 amide bonds. The highest BCUT2D eigenvalue weighted by molar-refractivity contribution is 5.69. The number of ether oxygens (including phenoxy) is 3. The van der Waals surface area contributed by atoms with Gasteiger partial charge in [0.1, 0.15) is 29.7 Å². The number of anilines is 1. The number of halogens is 3. The van der Waals surface area contributed by atoms with Gasteiger partial charge in [-0.2, -0.15) is 18.4 Å². The van der Waals surface area contributed by atoms with E-state index < -0.39 is 11.7 Å². The van der Waals surface area contributed by atoms with Crippen LogP contribution in [0, 0.1) is 11.3 Å². The van der Waals surface area contributed by atoms with Gasteiger partial charge in [-0.05, 0) is 69.3 Å². The van der Waals surface area contributed by atoms with Crippen molar-refractivity contribution in [2.45, 2.75) is 64.0 Å². The van der Waals surface area contributed by atoms with Gasteiger partial charge < -0.3 is 24.0 Å². The highest BCUT2D eigenvalue weighted by Gasteiger charge is 2.34. The first-order valence-electron chi connectivity index (χ1n) is 14.7. The second kappa shape index (κ2) is 13.1. The Hall–Kier alpha value is -4.04. The van der Waals surface area contributed by atoms with Crippen LogP contribution in [0.3, 0.4) is 0 Å². The van der Waals surface area contributed by atoms with Crippen molar-refractivity contribution in [2.75, 3.05) is 38.2 Å². The van der Waals surface area contributed by atoms with Gasteiger partial charge in [0.25, 0.3) is 0 Å². The quantitative estimate of drug-likeness (QED) is 0.283. The van der Waals surface area contributed by atoms with Crippen molar-refractivity contribution in [3.05, 3.63) is 59.8 Å². The minimum atomic E-state index is -4.53. The van der Waals surface area contributed by atoms with E-state index in [0.717, 1.165) is 49.3 Å². The molecule has 4 heterocycles. The average Bonchev–Trinajstić information content (AvgIpc) is 3.41. The lowest BCUT2D eigenvalue weighted by Crippen LogP contribution is -2.46. The first-order chi connectivity index (χ1) is 20.7. The summed E-state index contributed by atoms with van der Waals surface area (Å²) in [5, 5.41) is 9.50. The summed E-state index contributed by atoms with van der Waals surface area (Å²) in [6.07, 6.45) is -0.118. The van der Waals surface area contributed by atoms with Crippen LogP contribution in [-0.2, 0) is 6.18 Å². The molecule has 228 valence electrons. The Bertz CT molecular complexity index is 1460. The zero-order valence-electron chi connectivity index (χ0n) is 24.6. The topological polar surface area (TPSA) is 83.7 Å². The number of aromatic nitrogens is 2. The van der Waals surface area contributed by atoms with Gasteiger partial charge in [0.15, 0.2) is 0 Å². The van der Waals surface area contributed by atoms with Crippen LogP contribution in [0.2, 0.25) is 0 Å². The van der Waals surface area contributed by atoms with E-state index in [-0.39, 0.29) is 29.6 Å². The number of nitrogens with zero attached hydrogens (tertiary/aromatic N) is 5. The monoisotopic (exact) mass is 595 g/mol. The summed E-state index contributed by atoms with van der Waals surface area (Å²) in [5.41, 5.74) is 1.39. The van der Waals surface area contributed by atoms with Crippen LogP contribution in [-0.4, -0.2) is 66.4 Å². The lowest BCUT2D eigenvalue weighted by Gasteiger charge is -2.41. The molecular weight excluding hydrogens is 559 g/mol. The molecule has 0 N–H and O–H groups in total. The summed E-state index contributed by atoms with van der Waals surface area (Å²) in [5.74, 6) is 1.24. The maximum absolute atomic E-state index is 13.2. The largest absolute Gasteiger partial charge is 0.489 e. The summed E-state index contributed by atoms with van der Waals surface area (Å²) in [4.78, 5) is 13.9. The van der Waals surface area contributed by atoms with Gasteiger partial charge in [0, 0.05) is 44.7 Å². The Morgan fingerprint density at radius 3 is 2.53 bits per heavy atom. The first kappa shape index (κ1) is 30.4. The highest BCUT2D eigenvalue weighted by atomic mass is 19.4. The lowest BCUT2D eigenvalue weighted by molar-refractivity contribution is -0.137. The summed E-state index contributed by atoms with van der Waals surface area (Å²) in [6, 6.07) is 12.7. The van der Waals surface area contributed by atoms with Gasteiger partial charge in [-0.25, -0.2) is 9.97 Å². The number of piperidine rings is 1. The molecule has 8 nitrogen and oxygen atoms in total. The van der Waals surface area contributed by atoms with E-state index in [0.29, 0.717) is 43.4 Å². The van der Waals surface area contributed by atoms with E-state index in [4.69, 9.17) is 19.2 Å². The Morgan fingerprint density at radius 2 is 1.84 bits per heavy atom. The minimum absolute atomic E-state index is 0.0109. The minimum Gasteiger partial charge on any atom is -0.489 e. The molecule has 3 atom stereocenters. The maximum Gasteiger partial charge on any atom is 0.416 e. The number of benzene rings is 1. The third kappa shape index (κ3) is 6.96. The fourth-order valence-electron chi connectivity index (χ4n) is 5.78. The number of hydrogen-bond acceptors (Lipinski definition) is 8. The molecule has 2 aliphatic rings. The molecule has 0 radical (unpaired) electrons. The SMILES string of the molecule is CCOc1ncccc1-c1ccc(N2CCC(Oc3ccc(C(F)(F)F)cc3C#N)CC2CC)c(O[C@@H]2CCN(C)C2)n1. The van der Waals surface area contributed by atoms with Crippen molar-refractivity contribution < 1.29 is 27.4 Å². The Labute approximate surface area is 250 Å². The van der Waals surface area contributed by atoms with Crippen molar-refractivity contribution in [3.8, 4) is 34.8 Å². The highest BCUT2D eigenvalue weighted by Crippen LogP contribution is 2.39. The fourth-order valence-corrected chi connectivity index (χ4v) is 5.78. The van der Waals surface area contributed by atoms with Crippen LogP contribution in [0.15, 0.2) is 48.7 Å². The molecular formula is C32H36F3N5O3. The van der Waals surface area contributed by atoms with E-state index in [9.17, 15) is 18.4 Å². The molecule has 1 aromatic carbocycles. The molecule has 0 aliphatic carbocycles. The molecule has 2 saturated heterocycles. The molecule has 3 aromatic rings. The number of alkyl halides is 3. The summed E-state index contributed by atoms with van der Waals surface area (Å²) in [6.45, 7) is 6.88. The van der Waals surface area contributed by atoms with E-state index in [1.54, 1.807) is 6.20 Å². The van der Waals surface area contributed by atoms with Crippen LogP contribution in [0.5, 0.6) is 17.5 Å². The van der Waals surface area contributed by atoms with Crippen molar-refractivity contribution >= 4 is 5.69 Å². The maximum atomic E-state index is 13.2. The van der Waals surface area contributed by atoms with E-state index >= 15 is 0 Å². The van der Waals surface area contributed by atoms with Crippen molar-refractivity contribution in [1.82, 2.24) is 14.9 Å². The molecule has 2 aliphatic heterocycles. The van der Waals surface area contributed by atoms with Crippen molar-refractivity contribution in [3.63, 3.8) is 0 Å². The predicted molar refractivity (Wildman–Crippen MR) is 156 cm³/mol. The van der Waals surface area contributed by atoms with E-state index in [1.165, 1.54) is 6.07 Å². The molecule has 2 unspecified atom stereocenters. The zero-order valence-corrected chi connectivity index (χ0v) is 24.6. The van der Waals surface area contributed by atoms with Crippen molar-refractivity contribution in [1.29, 1.82) is 5.26 Å². The van der Waals surface area contributed by atoms with Crippen LogP contribution in [0.1, 0.15) is 50.7 Å². The Balaban J connectivity index is 1.40. The Morgan fingerprint density at radius 1 is 1.02 bits per heavy atom. The smallest absolute Gasteiger partial charge is 0.416 e. The van der Waals surface area contributed by atoms with Crippen LogP contribution in [0.4, 0.5) is 18.9 Å². The van der Waals surface area contributed by atoms with Gasteiger partial charge in [-0.15, -0.1) is 0 Å². The molecule has 2 fully saturated rings. The van der Waals surface area contributed by atoms with Gasteiger partial charge >= 0.3 is 6.18 Å². The average molecular weight is 596 g/mol. The molecule has 11 heteroatoms. The number of rotatable bonds is 9. The number of pyridine rings is 2. The van der Waals surface area contributed by atoms with Crippen LogP contribution in [0.25, 0.3) is 11.3 Å². The fraction of sp³-hybridized carbons (Fsp3) is 0.469. The molecule has 2 aromatic heterocycles. The molecule has 0 saturated carbocycles. The van der Waals surface area contributed by atoms with E-state index in [1.807, 2.05) is 37.3 Å². The molecule has 0 bridgehead atoms. The Kier molecular flexibility index (Phi) is 9.25.